The lowest BCUT2D eigenvalue weighted by molar-refractivity contribution is -0.192. The van der Waals surface area contributed by atoms with Gasteiger partial charge in [0.1, 0.15) is 6.61 Å². The third-order valence-electron chi connectivity index (χ3n) is 5.19. The zero-order chi connectivity index (χ0) is 22.9. The molecule has 0 aromatic carbocycles. The highest BCUT2D eigenvalue weighted by Crippen LogP contribution is 2.24. The quantitative estimate of drug-likeness (QED) is 0.673. The highest BCUT2D eigenvalue weighted by atomic mass is 19.4. The molecule has 1 aromatic rings. The minimum atomic E-state index is -5.08. The van der Waals surface area contributed by atoms with Gasteiger partial charge in [-0.1, -0.05) is 0 Å². The number of hydrogen-bond acceptors (Lipinski definition) is 6. The fourth-order valence-corrected chi connectivity index (χ4v) is 3.67. The molecule has 2 aliphatic rings. The maximum Gasteiger partial charge on any atom is 0.490 e. The van der Waals surface area contributed by atoms with E-state index in [1.807, 2.05) is 6.20 Å². The monoisotopic (exact) mass is 450 g/mol. The number of methoxy groups -OCH3 is 1. The summed E-state index contributed by atoms with van der Waals surface area (Å²) in [4.78, 5) is 23.0. The number of carbonyl (C=O) groups excluding carboxylic acids is 1. The first-order chi connectivity index (χ1) is 14.7. The minimum absolute atomic E-state index is 0.0489. The van der Waals surface area contributed by atoms with Gasteiger partial charge in [-0.15, -0.1) is 0 Å². The second-order valence-electron chi connectivity index (χ2n) is 7.52. The summed E-state index contributed by atoms with van der Waals surface area (Å²) in [5.41, 5.74) is 1.28. The summed E-state index contributed by atoms with van der Waals surface area (Å²) in [7, 11) is 1.54. The molecule has 3 rings (SSSR count). The van der Waals surface area contributed by atoms with Crippen molar-refractivity contribution in [3.63, 3.8) is 0 Å². The van der Waals surface area contributed by atoms with E-state index in [0.29, 0.717) is 18.5 Å². The van der Waals surface area contributed by atoms with Gasteiger partial charge < -0.3 is 19.9 Å². The zero-order valence-electron chi connectivity index (χ0n) is 17.4. The Morgan fingerprint density at radius 3 is 2.61 bits per heavy atom. The van der Waals surface area contributed by atoms with Crippen molar-refractivity contribution < 1.29 is 37.3 Å². The van der Waals surface area contributed by atoms with Crippen LogP contribution in [0.25, 0.3) is 0 Å². The van der Waals surface area contributed by atoms with Gasteiger partial charge in [0.15, 0.2) is 0 Å². The van der Waals surface area contributed by atoms with E-state index < -0.39 is 12.1 Å². The van der Waals surface area contributed by atoms with Gasteiger partial charge >= 0.3 is 12.1 Å². The summed E-state index contributed by atoms with van der Waals surface area (Å²) in [5.74, 6) is -2.32. The second kappa shape index (κ2) is 12.0. The van der Waals surface area contributed by atoms with Gasteiger partial charge in [0.05, 0.1) is 5.69 Å². The van der Waals surface area contributed by atoms with Crippen molar-refractivity contribution >= 4 is 11.9 Å². The van der Waals surface area contributed by atoms with Gasteiger partial charge in [0, 0.05) is 58.7 Å². The van der Waals surface area contributed by atoms with E-state index in [1.54, 1.807) is 0 Å². The fourth-order valence-electron chi connectivity index (χ4n) is 3.67. The van der Waals surface area contributed by atoms with Crippen LogP contribution in [0.1, 0.15) is 25.0 Å². The summed E-state index contributed by atoms with van der Waals surface area (Å²) < 4.78 is 44.2. The van der Waals surface area contributed by atoms with E-state index in [2.05, 4.69) is 26.1 Å². The predicted molar refractivity (Wildman–Crippen MR) is 103 cm³/mol. The minimum Gasteiger partial charge on any atom is -0.475 e. The lowest BCUT2D eigenvalue weighted by Crippen LogP contribution is -2.41. The number of rotatable bonds is 6. The third-order valence-corrected chi connectivity index (χ3v) is 5.19. The van der Waals surface area contributed by atoms with Crippen LogP contribution in [-0.4, -0.2) is 83.9 Å². The molecule has 1 amide bonds. The Morgan fingerprint density at radius 1 is 1.32 bits per heavy atom. The molecule has 2 N–H and O–H groups in total. The summed E-state index contributed by atoms with van der Waals surface area (Å²) in [6.45, 7) is 5.46. The molecule has 31 heavy (non-hydrogen) atoms. The van der Waals surface area contributed by atoms with Crippen LogP contribution in [0.5, 0.6) is 0 Å². The van der Waals surface area contributed by atoms with Crippen molar-refractivity contribution in [2.45, 2.75) is 44.6 Å². The van der Waals surface area contributed by atoms with Gasteiger partial charge in [-0.2, -0.15) is 18.3 Å². The fraction of sp³-hybridized carbons (Fsp3) is 0.737. The molecule has 1 saturated heterocycles. The van der Waals surface area contributed by atoms with Crippen molar-refractivity contribution in [2.24, 2.45) is 5.92 Å². The maximum atomic E-state index is 11.5. The molecule has 3 heterocycles. The number of hydrogen-bond donors (Lipinski definition) is 2. The number of carboxylic acid groups (broad SMARTS) is 1. The molecule has 0 aliphatic carbocycles. The molecule has 1 atom stereocenters. The normalized spacial score (nSPS) is 20.2. The van der Waals surface area contributed by atoms with Crippen molar-refractivity contribution in [3.05, 3.63) is 18.0 Å². The summed E-state index contributed by atoms with van der Waals surface area (Å²) >= 11 is 0. The largest absolute Gasteiger partial charge is 0.490 e. The molecule has 1 fully saturated rings. The first-order valence-electron chi connectivity index (χ1n) is 10.1. The number of aromatic nitrogens is 2. The van der Waals surface area contributed by atoms with Gasteiger partial charge in [-0.25, -0.2) is 4.79 Å². The molecule has 0 spiro atoms. The standard InChI is InChI=1S/C17H28N4O3.C2HF3O2/c1-23-13-17(22)18-6-2-14-10-20(15-4-8-24-9-5-15)12-16-3-7-19-21(16)11-14;3-2(4,5)1(6)7/h3,7,14-15H,2,4-6,8-13H2,1H3,(H,18,22);(H,6,7). The first-order valence-corrected chi connectivity index (χ1v) is 10.1. The molecule has 0 saturated carbocycles. The highest BCUT2D eigenvalue weighted by Gasteiger charge is 2.38. The van der Waals surface area contributed by atoms with Crippen LogP contribution < -0.4 is 5.32 Å². The number of amides is 1. The van der Waals surface area contributed by atoms with Crippen LogP contribution in [0, 0.1) is 5.92 Å². The SMILES string of the molecule is COCC(=O)NCCC1CN(C2CCOCC2)Cc2ccnn2C1.O=C(O)C(F)(F)F. The van der Waals surface area contributed by atoms with Crippen molar-refractivity contribution in [1.29, 1.82) is 0 Å². The Kier molecular flexibility index (Phi) is 9.72. The van der Waals surface area contributed by atoms with Crippen LogP contribution >= 0.6 is 0 Å². The Hall–Kier alpha value is -2.18. The number of carbonyl (C=O) groups is 2. The van der Waals surface area contributed by atoms with E-state index in [4.69, 9.17) is 19.4 Å². The van der Waals surface area contributed by atoms with Crippen molar-refractivity contribution in [1.82, 2.24) is 20.0 Å². The Morgan fingerprint density at radius 2 is 2.00 bits per heavy atom. The number of carboxylic acids is 1. The molecular weight excluding hydrogens is 421 g/mol. The third kappa shape index (κ3) is 8.46. The molecule has 9 nitrogen and oxygen atoms in total. The molecule has 2 aliphatic heterocycles. The maximum absolute atomic E-state index is 11.5. The number of ether oxygens (including phenoxy) is 2. The predicted octanol–water partition coefficient (Wildman–Crippen LogP) is 1.28. The average Bonchev–Trinajstić information content (AvgIpc) is 3.07. The van der Waals surface area contributed by atoms with Gasteiger partial charge in [0.2, 0.25) is 5.91 Å². The Labute approximate surface area is 178 Å². The van der Waals surface area contributed by atoms with Gasteiger partial charge in [-0.05, 0) is 31.2 Å². The Bertz CT molecular complexity index is 707. The lowest BCUT2D eigenvalue weighted by atomic mass is 10.0. The molecule has 0 bridgehead atoms. The molecule has 1 aromatic heterocycles. The van der Waals surface area contributed by atoms with E-state index in [9.17, 15) is 18.0 Å². The van der Waals surface area contributed by atoms with E-state index in [0.717, 1.165) is 52.1 Å². The summed E-state index contributed by atoms with van der Waals surface area (Å²) in [5, 5.41) is 14.5. The summed E-state index contributed by atoms with van der Waals surface area (Å²) in [6, 6.07) is 2.71. The Balaban J connectivity index is 0.000000423. The number of nitrogens with one attached hydrogen (secondary N) is 1. The van der Waals surface area contributed by atoms with E-state index >= 15 is 0 Å². The van der Waals surface area contributed by atoms with Crippen molar-refractivity contribution in [2.75, 3.05) is 40.0 Å². The van der Waals surface area contributed by atoms with Crippen LogP contribution in [0.15, 0.2) is 12.3 Å². The molecule has 1 unspecified atom stereocenters. The van der Waals surface area contributed by atoms with Crippen molar-refractivity contribution in [3.8, 4) is 0 Å². The molecule has 0 radical (unpaired) electrons. The molecular formula is C19H29F3N4O5. The van der Waals surface area contributed by atoms with Gasteiger partial charge in [0.25, 0.3) is 0 Å². The topological polar surface area (TPSA) is 106 Å². The van der Waals surface area contributed by atoms with E-state index in [-0.39, 0.29) is 12.5 Å². The highest BCUT2D eigenvalue weighted by molar-refractivity contribution is 5.77. The first kappa shape index (κ1) is 25.1. The number of alkyl halides is 3. The van der Waals surface area contributed by atoms with Gasteiger partial charge in [-0.3, -0.25) is 14.4 Å². The number of aliphatic carboxylic acids is 1. The van der Waals surface area contributed by atoms with Crippen LogP contribution in [0.2, 0.25) is 0 Å². The van der Waals surface area contributed by atoms with Crippen LogP contribution in [0.3, 0.4) is 0 Å². The average molecular weight is 450 g/mol. The number of halogens is 3. The molecule has 176 valence electrons. The van der Waals surface area contributed by atoms with Crippen LogP contribution in [0.4, 0.5) is 13.2 Å². The van der Waals surface area contributed by atoms with E-state index in [1.165, 1.54) is 12.8 Å². The lowest BCUT2D eigenvalue weighted by Gasteiger charge is -2.34. The van der Waals surface area contributed by atoms with Crippen LogP contribution in [-0.2, 0) is 32.2 Å². The second-order valence-corrected chi connectivity index (χ2v) is 7.52. The zero-order valence-corrected chi connectivity index (χ0v) is 17.4. The number of fused-ring (bicyclic) bond motifs is 1. The molecule has 12 heteroatoms. The number of nitrogens with zero attached hydrogens (tertiary/aromatic N) is 3. The smallest absolute Gasteiger partial charge is 0.475 e. The summed E-state index contributed by atoms with van der Waals surface area (Å²) in [6.07, 6.45) is -0.0361.